The molecule has 21 heavy (non-hydrogen) atoms. The number of pyridine rings is 1. The third-order valence-electron chi connectivity index (χ3n) is 3.83. The second-order valence-corrected chi connectivity index (χ2v) is 6.09. The molecule has 0 aliphatic heterocycles. The average Bonchev–Trinajstić information content (AvgIpc) is 2.90. The molecule has 0 saturated carbocycles. The van der Waals surface area contributed by atoms with Crippen LogP contribution in [0.15, 0.2) is 42.7 Å². The predicted octanol–water partition coefficient (Wildman–Crippen LogP) is 4.80. The van der Waals surface area contributed by atoms with Gasteiger partial charge in [-0.25, -0.2) is 0 Å². The lowest BCUT2D eigenvalue weighted by Crippen LogP contribution is -2.01. The van der Waals surface area contributed by atoms with E-state index in [0.717, 1.165) is 16.6 Å². The Kier molecular flexibility index (Phi) is 3.50. The zero-order valence-electron chi connectivity index (χ0n) is 13.0. The Labute approximate surface area is 125 Å². The first-order valence-corrected chi connectivity index (χ1v) is 7.50. The SMILES string of the molecule is CC(C)c1ccnc(-c2ccc3c(cnn3C(C)C)c2)c1. The van der Waals surface area contributed by atoms with Crippen molar-refractivity contribution in [3.05, 3.63) is 48.3 Å². The molecule has 0 N–H and O–H groups in total. The van der Waals surface area contributed by atoms with Crippen LogP contribution in [0.25, 0.3) is 22.2 Å². The first-order valence-electron chi connectivity index (χ1n) is 7.50. The van der Waals surface area contributed by atoms with Crippen molar-refractivity contribution in [1.29, 1.82) is 0 Å². The van der Waals surface area contributed by atoms with Gasteiger partial charge in [0.1, 0.15) is 0 Å². The van der Waals surface area contributed by atoms with Crippen molar-refractivity contribution >= 4 is 10.9 Å². The van der Waals surface area contributed by atoms with Gasteiger partial charge in [-0.05, 0) is 49.6 Å². The quantitative estimate of drug-likeness (QED) is 0.689. The number of aromatic nitrogens is 3. The van der Waals surface area contributed by atoms with Crippen LogP contribution in [0.3, 0.4) is 0 Å². The van der Waals surface area contributed by atoms with E-state index in [0.29, 0.717) is 12.0 Å². The number of fused-ring (bicyclic) bond motifs is 1. The maximum atomic E-state index is 4.51. The van der Waals surface area contributed by atoms with Gasteiger partial charge in [0, 0.05) is 23.2 Å². The Morgan fingerprint density at radius 1 is 1.00 bits per heavy atom. The molecule has 3 nitrogen and oxygen atoms in total. The first kappa shape index (κ1) is 13.8. The Bertz CT molecular complexity index is 769. The van der Waals surface area contributed by atoms with Gasteiger partial charge in [-0.15, -0.1) is 0 Å². The van der Waals surface area contributed by atoms with Crippen LogP contribution in [0.5, 0.6) is 0 Å². The van der Waals surface area contributed by atoms with Crippen molar-refractivity contribution in [2.24, 2.45) is 0 Å². The summed E-state index contributed by atoms with van der Waals surface area (Å²) in [6, 6.07) is 11.1. The molecule has 3 aromatic rings. The monoisotopic (exact) mass is 279 g/mol. The molecular weight excluding hydrogens is 258 g/mol. The molecule has 0 unspecified atom stereocenters. The maximum absolute atomic E-state index is 4.51. The number of rotatable bonds is 3. The van der Waals surface area contributed by atoms with Crippen molar-refractivity contribution in [2.45, 2.75) is 39.7 Å². The second-order valence-electron chi connectivity index (χ2n) is 6.09. The van der Waals surface area contributed by atoms with E-state index in [2.05, 4.69) is 72.8 Å². The van der Waals surface area contributed by atoms with Crippen molar-refractivity contribution in [1.82, 2.24) is 14.8 Å². The molecule has 0 fully saturated rings. The van der Waals surface area contributed by atoms with E-state index in [4.69, 9.17) is 0 Å². The van der Waals surface area contributed by atoms with Crippen molar-refractivity contribution in [3.8, 4) is 11.3 Å². The zero-order valence-corrected chi connectivity index (χ0v) is 13.0. The van der Waals surface area contributed by atoms with Gasteiger partial charge in [0.05, 0.1) is 17.4 Å². The molecule has 2 aromatic heterocycles. The second kappa shape index (κ2) is 5.32. The Balaban J connectivity index is 2.07. The summed E-state index contributed by atoms with van der Waals surface area (Å²) in [5.74, 6) is 0.513. The fraction of sp³-hybridized carbons (Fsp3) is 0.333. The molecular formula is C18H21N3. The minimum atomic E-state index is 0.371. The van der Waals surface area contributed by atoms with E-state index < -0.39 is 0 Å². The zero-order chi connectivity index (χ0) is 15.0. The third-order valence-corrected chi connectivity index (χ3v) is 3.83. The van der Waals surface area contributed by atoms with Gasteiger partial charge in [-0.2, -0.15) is 5.10 Å². The van der Waals surface area contributed by atoms with Gasteiger partial charge >= 0.3 is 0 Å². The third kappa shape index (κ3) is 2.56. The van der Waals surface area contributed by atoms with Gasteiger partial charge < -0.3 is 0 Å². The molecule has 0 aliphatic carbocycles. The Hall–Kier alpha value is -2.16. The largest absolute Gasteiger partial charge is 0.262 e. The highest BCUT2D eigenvalue weighted by Gasteiger charge is 2.08. The van der Waals surface area contributed by atoms with E-state index >= 15 is 0 Å². The molecule has 0 saturated heterocycles. The molecule has 3 heteroatoms. The van der Waals surface area contributed by atoms with Crippen LogP contribution >= 0.6 is 0 Å². The molecule has 0 spiro atoms. The summed E-state index contributed by atoms with van der Waals surface area (Å²) >= 11 is 0. The highest BCUT2D eigenvalue weighted by Crippen LogP contribution is 2.26. The number of benzene rings is 1. The molecule has 0 bridgehead atoms. The lowest BCUT2D eigenvalue weighted by atomic mass is 10.0. The lowest BCUT2D eigenvalue weighted by molar-refractivity contribution is 0.551. The first-order chi connectivity index (χ1) is 10.1. The molecule has 2 heterocycles. The molecule has 0 radical (unpaired) electrons. The van der Waals surface area contributed by atoms with Crippen molar-refractivity contribution < 1.29 is 0 Å². The van der Waals surface area contributed by atoms with Gasteiger partial charge in [0.15, 0.2) is 0 Å². The molecule has 0 aliphatic rings. The highest BCUT2D eigenvalue weighted by atomic mass is 15.3. The van der Waals surface area contributed by atoms with Crippen LogP contribution in [-0.4, -0.2) is 14.8 Å². The summed E-state index contributed by atoms with van der Waals surface area (Å²) in [6.07, 6.45) is 3.83. The number of hydrogen-bond acceptors (Lipinski definition) is 2. The molecule has 1 aromatic carbocycles. The van der Waals surface area contributed by atoms with Crippen molar-refractivity contribution in [2.75, 3.05) is 0 Å². The average molecular weight is 279 g/mol. The van der Waals surface area contributed by atoms with Crippen LogP contribution in [0, 0.1) is 0 Å². The minimum absolute atomic E-state index is 0.371. The van der Waals surface area contributed by atoms with Crippen molar-refractivity contribution in [3.63, 3.8) is 0 Å². The van der Waals surface area contributed by atoms with E-state index in [9.17, 15) is 0 Å². The summed E-state index contributed by atoms with van der Waals surface area (Å²) in [5.41, 5.74) is 4.67. The fourth-order valence-corrected chi connectivity index (χ4v) is 2.59. The van der Waals surface area contributed by atoms with Gasteiger partial charge in [-0.3, -0.25) is 9.67 Å². The predicted molar refractivity (Wildman–Crippen MR) is 87.4 cm³/mol. The van der Waals surface area contributed by atoms with Gasteiger partial charge in [0.25, 0.3) is 0 Å². The molecule has 0 amide bonds. The van der Waals surface area contributed by atoms with Crippen LogP contribution in [0.4, 0.5) is 0 Å². The summed E-state index contributed by atoms with van der Waals surface area (Å²) in [5, 5.41) is 5.64. The highest BCUT2D eigenvalue weighted by molar-refractivity contribution is 5.84. The standard InChI is InChI=1S/C18H21N3/c1-12(2)14-7-8-19-17(10-14)15-5-6-18-16(9-15)11-20-21(18)13(3)4/h5-13H,1-4H3. The lowest BCUT2D eigenvalue weighted by Gasteiger charge is -2.09. The van der Waals surface area contributed by atoms with Gasteiger partial charge in [0.2, 0.25) is 0 Å². The minimum Gasteiger partial charge on any atom is -0.262 e. The summed E-state index contributed by atoms with van der Waals surface area (Å²) in [4.78, 5) is 4.51. The van der Waals surface area contributed by atoms with Crippen LogP contribution in [-0.2, 0) is 0 Å². The normalized spacial score (nSPS) is 11.7. The summed E-state index contributed by atoms with van der Waals surface area (Å²) in [7, 11) is 0. The summed E-state index contributed by atoms with van der Waals surface area (Å²) in [6.45, 7) is 8.70. The topological polar surface area (TPSA) is 30.7 Å². The van der Waals surface area contributed by atoms with E-state index in [1.165, 1.54) is 11.1 Å². The van der Waals surface area contributed by atoms with Crippen LogP contribution < -0.4 is 0 Å². The fourth-order valence-electron chi connectivity index (χ4n) is 2.59. The number of hydrogen-bond donors (Lipinski definition) is 0. The van der Waals surface area contributed by atoms with E-state index in [-0.39, 0.29) is 0 Å². The van der Waals surface area contributed by atoms with E-state index in [1.807, 2.05) is 12.4 Å². The number of nitrogens with zero attached hydrogens (tertiary/aromatic N) is 3. The van der Waals surface area contributed by atoms with E-state index in [1.54, 1.807) is 0 Å². The molecule has 0 atom stereocenters. The summed E-state index contributed by atoms with van der Waals surface area (Å²) < 4.78 is 2.05. The van der Waals surface area contributed by atoms with Crippen LogP contribution in [0.2, 0.25) is 0 Å². The Morgan fingerprint density at radius 2 is 1.81 bits per heavy atom. The Morgan fingerprint density at radius 3 is 2.52 bits per heavy atom. The smallest absolute Gasteiger partial charge is 0.0705 e. The maximum Gasteiger partial charge on any atom is 0.0705 e. The molecule has 108 valence electrons. The van der Waals surface area contributed by atoms with Gasteiger partial charge in [-0.1, -0.05) is 19.9 Å². The van der Waals surface area contributed by atoms with Crippen LogP contribution in [0.1, 0.15) is 45.2 Å². The molecule has 3 rings (SSSR count).